The van der Waals surface area contributed by atoms with Crippen LogP contribution in [0.15, 0.2) is 194 Å². The van der Waals surface area contributed by atoms with Gasteiger partial charge in [0.15, 0.2) is 7.14 Å². The molecule has 0 N–H and O–H groups in total. The van der Waals surface area contributed by atoms with Crippen molar-refractivity contribution in [3.8, 4) is 50.2 Å². The number of hydrogen-bond donors (Lipinski definition) is 0. The molecule has 12 rings (SSSR count). The van der Waals surface area contributed by atoms with Gasteiger partial charge in [0.1, 0.15) is 0 Å². The number of rotatable bonds is 4. The summed E-state index contributed by atoms with van der Waals surface area (Å²) >= 11 is 0. The van der Waals surface area contributed by atoms with Crippen LogP contribution >= 0.6 is 7.14 Å². The third kappa shape index (κ3) is 4.58. The lowest BCUT2D eigenvalue weighted by Crippen LogP contribution is -2.20. The van der Waals surface area contributed by atoms with E-state index >= 15 is 4.57 Å². The highest BCUT2D eigenvalue weighted by Crippen LogP contribution is 2.54. The van der Waals surface area contributed by atoms with Crippen molar-refractivity contribution in [1.29, 1.82) is 0 Å². The first kappa shape index (κ1) is 33.4. The fraction of sp³-hybridized carbons (Fsp3) is 0.0545. The predicted octanol–water partition coefficient (Wildman–Crippen LogP) is 13.2. The zero-order valence-corrected chi connectivity index (χ0v) is 33.2. The Morgan fingerprint density at radius 1 is 0.414 bits per heavy atom. The molecule has 0 saturated heterocycles. The summed E-state index contributed by atoms with van der Waals surface area (Å²) in [7, 11) is -3.06. The van der Waals surface area contributed by atoms with Gasteiger partial charge in [-0.25, -0.2) is 0 Å². The summed E-state index contributed by atoms with van der Waals surface area (Å²) in [5.41, 5.74) is 15.7. The highest BCUT2D eigenvalue weighted by atomic mass is 31.2. The summed E-state index contributed by atoms with van der Waals surface area (Å²) in [6, 6.07) is 69.8. The fourth-order valence-corrected chi connectivity index (χ4v) is 13.2. The molecule has 1 unspecified atom stereocenters. The van der Waals surface area contributed by atoms with Gasteiger partial charge >= 0.3 is 0 Å². The molecule has 2 nitrogen and oxygen atoms in total. The lowest BCUT2D eigenvalue weighted by molar-refractivity contribution is 0.593. The normalized spacial score (nSPS) is 16.0. The van der Waals surface area contributed by atoms with Gasteiger partial charge in [-0.15, -0.1) is 0 Å². The van der Waals surface area contributed by atoms with Crippen LogP contribution < -0.4 is 15.9 Å². The molecule has 58 heavy (non-hydrogen) atoms. The van der Waals surface area contributed by atoms with E-state index in [1.165, 1.54) is 55.3 Å². The van der Waals surface area contributed by atoms with Gasteiger partial charge in [0.25, 0.3) is 0 Å². The maximum absolute atomic E-state index is 15.4. The lowest BCUT2D eigenvalue weighted by atomic mass is 9.82. The van der Waals surface area contributed by atoms with E-state index in [1.807, 2.05) is 36.4 Å². The van der Waals surface area contributed by atoms with Crippen LogP contribution in [-0.2, 0) is 9.98 Å². The number of hydrogen-bond acceptors (Lipinski definition) is 1. The molecule has 0 amide bonds. The minimum absolute atomic E-state index is 0.0869. The van der Waals surface area contributed by atoms with Gasteiger partial charge in [0.05, 0.1) is 11.0 Å². The molecule has 0 radical (unpaired) electrons. The third-order valence-corrected chi connectivity index (χ3v) is 16.2. The Morgan fingerprint density at radius 3 is 1.84 bits per heavy atom. The number of benzene rings is 9. The summed E-state index contributed by atoms with van der Waals surface area (Å²) in [6.45, 7) is 4.70. The standard InChI is InChI=1S/C55H38NOP/c1-55(2)49-29-25-37(31-45(49)46-32-38(26-30-50(46)55)42-20-12-14-36-13-6-7-17-41(36)42)35-23-27-39(28-24-35)56-51-21-10-8-18-43(51)47-34-54-48(33-52(47)56)44-19-9-11-22-53(44)58(54,57)40-15-4-3-5-16-40/h3-34H,1-2H3. The van der Waals surface area contributed by atoms with Crippen molar-refractivity contribution in [2.24, 2.45) is 0 Å². The summed E-state index contributed by atoms with van der Waals surface area (Å²) < 4.78 is 17.8. The van der Waals surface area contributed by atoms with Gasteiger partial charge in [-0.3, -0.25) is 0 Å². The van der Waals surface area contributed by atoms with Gasteiger partial charge in [-0.05, 0) is 109 Å². The molecule has 3 heteroatoms. The average molecular weight is 760 g/mol. The first-order valence-electron chi connectivity index (χ1n) is 20.1. The molecule has 1 atom stereocenters. The van der Waals surface area contributed by atoms with E-state index in [4.69, 9.17) is 0 Å². The summed E-state index contributed by atoms with van der Waals surface area (Å²) in [4.78, 5) is 0. The molecule has 2 aliphatic rings. The molecule has 0 fully saturated rings. The quantitative estimate of drug-likeness (QED) is 0.164. The zero-order chi connectivity index (χ0) is 38.8. The monoisotopic (exact) mass is 759 g/mol. The van der Waals surface area contributed by atoms with Crippen molar-refractivity contribution >= 4 is 55.6 Å². The van der Waals surface area contributed by atoms with Gasteiger partial charge in [-0.2, -0.15) is 0 Å². The molecule has 274 valence electrons. The summed E-state index contributed by atoms with van der Waals surface area (Å²) in [6.07, 6.45) is 0. The number of nitrogens with zero attached hydrogens (tertiary/aromatic N) is 1. The Labute approximate surface area is 338 Å². The van der Waals surface area contributed by atoms with E-state index in [0.29, 0.717) is 0 Å². The van der Waals surface area contributed by atoms with E-state index in [1.54, 1.807) is 0 Å². The topological polar surface area (TPSA) is 22.0 Å². The Morgan fingerprint density at radius 2 is 1.03 bits per heavy atom. The van der Waals surface area contributed by atoms with Gasteiger partial charge in [0, 0.05) is 37.8 Å². The van der Waals surface area contributed by atoms with E-state index in [0.717, 1.165) is 54.5 Å². The number of aromatic nitrogens is 1. The van der Waals surface area contributed by atoms with E-state index in [2.05, 4.69) is 176 Å². The Hall–Kier alpha value is -6.73. The molecule has 0 saturated carbocycles. The molecule has 2 heterocycles. The molecule has 1 aromatic heterocycles. The minimum Gasteiger partial charge on any atom is -0.309 e. The van der Waals surface area contributed by atoms with Crippen LogP contribution in [0.2, 0.25) is 0 Å². The van der Waals surface area contributed by atoms with Gasteiger partial charge < -0.3 is 9.13 Å². The Kier molecular flexibility index (Phi) is 6.99. The molecular formula is C55H38NOP. The van der Waals surface area contributed by atoms with Crippen LogP contribution in [0, 0.1) is 0 Å². The molecular weight excluding hydrogens is 722 g/mol. The summed E-state index contributed by atoms with van der Waals surface area (Å²) in [5, 5.41) is 7.54. The molecule has 1 aliphatic carbocycles. The highest BCUT2D eigenvalue weighted by Gasteiger charge is 2.41. The number of fused-ring (bicyclic) bond motifs is 10. The number of para-hydroxylation sites is 1. The maximum Gasteiger partial charge on any atom is 0.172 e. The summed E-state index contributed by atoms with van der Waals surface area (Å²) in [5.74, 6) is 0. The van der Waals surface area contributed by atoms with Crippen LogP contribution in [0.25, 0.3) is 82.8 Å². The van der Waals surface area contributed by atoms with E-state index in [-0.39, 0.29) is 5.41 Å². The second kappa shape index (κ2) is 12.1. The largest absolute Gasteiger partial charge is 0.309 e. The molecule has 1 aliphatic heterocycles. The van der Waals surface area contributed by atoms with Crippen molar-refractivity contribution < 1.29 is 4.57 Å². The van der Waals surface area contributed by atoms with Crippen molar-refractivity contribution in [1.82, 2.24) is 4.57 Å². The van der Waals surface area contributed by atoms with E-state index in [9.17, 15) is 0 Å². The minimum atomic E-state index is -3.06. The Balaban J connectivity index is 0.976. The van der Waals surface area contributed by atoms with E-state index < -0.39 is 7.14 Å². The third-order valence-electron chi connectivity index (χ3n) is 13.0. The zero-order valence-electron chi connectivity index (χ0n) is 32.3. The van der Waals surface area contributed by atoms with Gasteiger partial charge in [-0.1, -0.05) is 166 Å². The second-order valence-corrected chi connectivity index (χ2v) is 19.1. The first-order chi connectivity index (χ1) is 28.4. The molecule has 10 aromatic rings. The predicted molar refractivity (Wildman–Crippen MR) is 245 cm³/mol. The van der Waals surface area contributed by atoms with Crippen LogP contribution in [0.3, 0.4) is 0 Å². The SMILES string of the molecule is CC1(C)c2ccc(-c3ccc(-n4c5ccccc5c5cc6c(cc54)-c4ccccc4P6(=O)c4ccccc4)cc3)cc2-c2cc(-c3cccc4ccccc34)ccc21. The molecule has 0 spiro atoms. The van der Waals surface area contributed by atoms with Crippen molar-refractivity contribution in [3.63, 3.8) is 0 Å². The van der Waals surface area contributed by atoms with Gasteiger partial charge in [0.2, 0.25) is 0 Å². The van der Waals surface area contributed by atoms with Crippen LogP contribution in [-0.4, -0.2) is 4.57 Å². The maximum atomic E-state index is 15.4. The smallest absolute Gasteiger partial charge is 0.172 e. The Bertz CT molecular complexity index is 3380. The fourth-order valence-electron chi connectivity index (χ4n) is 10.2. The molecule has 9 aromatic carbocycles. The van der Waals surface area contributed by atoms with Crippen LogP contribution in [0.1, 0.15) is 25.0 Å². The van der Waals surface area contributed by atoms with Crippen LogP contribution in [0.5, 0.6) is 0 Å². The first-order valence-corrected chi connectivity index (χ1v) is 21.8. The average Bonchev–Trinajstić information content (AvgIpc) is 3.83. The van der Waals surface area contributed by atoms with Crippen molar-refractivity contribution in [2.75, 3.05) is 0 Å². The van der Waals surface area contributed by atoms with Crippen molar-refractivity contribution in [3.05, 3.63) is 205 Å². The van der Waals surface area contributed by atoms with Crippen LogP contribution in [0.4, 0.5) is 0 Å². The highest BCUT2D eigenvalue weighted by molar-refractivity contribution is 7.86. The second-order valence-electron chi connectivity index (χ2n) is 16.4. The van der Waals surface area contributed by atoms with Crippen molar-refractivity contribution in [2.45, 2.75) is 19.3 Å². The molecule has 0 bridgehead atoms. The lowest BCUT2D eigenvalue weighted by Gasteiger charge is -2.21.